The van der Waals surface area contributed by atoms with E-state index in [1.54, 1.807) is 30.5 Å². The van der Waals surface area contributed by atoms with Gasteiger partial charge in [-0.15, -0.1) is 0 Å². The Bertz CT molecular complexity index is 919. The molecule has 134 valence electrons. The van der Waals surface area contributed by atoms with Crippen molar-refractivity contribution >= 4 is 28.9 Å². The fourth-order valence-corrected chi connectivity index (χ4v) is 2.71. The van der Waals surface area contributed by atoms with E-state index in [1.807, 2.05) is 31.1 Å². The fourth-order valence-electron chi connectivity index (χ4n) is 2.49. The maximum Gasteiger partial charge on any atom is 0.255 e. The first-order valence-corrected chi connectivity index (χ1v) is 8.36. The summed E-state index contributed by atoms with van der Waals surface area (Å²) in [6.07, 6.45) is 3.15. The van der Waals surface area contributed by atoms with Crippen molar-refractivity contribution in [2.24, 2.45) is 0 Å². The Morgan fingerprint density at radius 2 is 2.04 bits per heavy atom. The highest BCUT2D eigenvalue weighted by Gasteiger charge is 2.11. The summed E-state index contributed by atoms with van der Waals surface area (Å²) in [6, 6.07) is 11.8. The molecule has 0 unspecified atom stereocenters. The Morgan fingerprint density at radius 3 is 2.77 bits per heavy atom. The second-order valence-electron chi connectivity index (χ2n) is 6.03. The molecule has 0 aliphatic heterocycles. The fraction of sp³-hybridized carbons (Fsp3) is 0.158. The van der Waals surface area contributed by atoms with Crippen LogP contribution in [0, 0.1) is 5.82 Å². The summed E-state index contributed by atoms with van der Waals surface area (Å²) < 4.78 is 15.4. The zero-order valence-corrected chi connectivity index (χ0v) is 15.2. The number of nitrogens with zero attached hydrogens (tertiary/aromatic N) is 3. The summed E-state index contributed by atoms with van der Waals surface area (Å²) in [6.45, 7) is 0.178. The highest BCUT2D eigenvalue weighted by Crippen LogP contribution is 2.21. The van der Waals surface area contributed by atoms with E-state index in [0.29, 0.717) is 21.8 Å². The molecule has 0 saturated heterocycles. The minimum Gasteiger partial charge on any atom is -0.378 e. The number of hydrogen-bond donors (Lipinski definition) is 1. The van der Waals surface area contributed by atoms with Gasteiger partial charge in [0.25, 0.3) is 5.91 Å². The van der Waals surface area contributed by atoms with Crippen LogP contribution in [0.4, 0.5) is 15.8 Å². The number of carbonyl (C=O) groups excluding carboxylic acids is 1. The van der Waals surface area contributed by atoms with Crippen LogP contribution < -0.4 is 10.2 Å². The van der Waals surface area contributed by atoms with Gasteiger partial charge in [0.1, 0.15) is 5.82 Å². The minimum absolute atomic E-state index is 0.178. The Kier molecular flexibility index (Phi) is 5.23. The topological polar surface area (TPSA) is 50.2 Å². The number of hydrogen-bond acceptors (Lipinski definition) is 3. The first-order chi connectivity index (χ1) is 12.4. The van der Waals surface area contributed by atoms with Gasteiger partial charge in [0.15, 0.2) is 0 Å². The molecule has 0 aliphatic rings. The van der Waals surface area contributed by atoms with Gasteiger partial charge in [-0.2, -0.15) is 5.10 Å². The van der Waals surface area contributed by atoms with Gasteiger partial charge in [0.05, 0.1) is 18.4 Å². The molecule has 1 amide bonds. The summed E-state index contributed by atoms with van der Waals surface area (Å²) in [7, 11) is 3.82. The number of nitrogens with one attached hydrogen (secondary N) is 1. The second kappa shape index (κ2) is 7.58. The van der Waals surface area contributed by atoms with Gasteiger partial charge >= 0.3 is 0 Å². The summed E-state index contributed by atoms with van der Waals surface area (Å²) in [5.41, 5.74) is 2.36. The molecule has 0 radical (unpaired) electrons. The predicted octanol–water partition coefficient (Wildman–Crippen LogP) is 4.04. The van der Waals surface area contributed by atoms with Crippen LogP contribution in [0.15, 0.2) is 54.9 Å². The molecule has 5 nitrogen and oxygen atoms in total. The number of rotatable bonds is 5. The summed E-state index contributed by atoms with van der Waals surface area (Å²) in [5.74, 6) is -0.628. The Labute approximate surface area is 156 Å². The van der Waals surface area contributed by atoms with Crippen molar-refractivity contribution < 1.29 is 9.18 Å². The van der Waals surface area contributed by atoms with Gasteiger partial charge in [-0.05, 0) is 30.3 Å². The zero-order valence-electron chi connectivity index (χ0n) is 14.4. The Morgan fingerprint density at radius 1 is 1.27 bits per heavy atom. The van der Waals surface area contributed by atoms with E-state index in [2.05, 4.69) is 10.4 Å². The van der Waals surface area contributed by atoms with E-state index in [4.69, 9.17) is 11.6 Å². The molecule has 1 N–H and O–H groups in total. The standard InChI is InChI=1S/C19H18ClFN4O/c1-24(2)15-6-3-5-13(9-15)19(26)23-14-10-22-25(11-14)12-16-17(20)7-4-8-18(16)21/h3-11H,12H2,1-2H3,(H,23,26). The lowest BCUT2D eigenvalue weighted by molar-refractivity contribution is 0.102. The molecule has 3 rings (SSSR count). The Balaban J connectivity index is 1.72. The molecular formula is C19H18ClFN4O. The highest BCUT2D eigenvalue weighted by atomic mass is 35.5. The summed E-state index contributed by atoms with van der Waals surface area (Å²) >= 11 is 6.04. The van der Waals surface area contributed by atoms with Gasteiger partial charge in [0.2, 0.25) is 0 Å². The lowest BCUT2D eigenvalue weighted by Crippen LogP contribution is -2.14. The van der Waals surface area contributed by atoms with E-state index in [-0.39, 0.29) is 18.3 Å². The first kappa shape index (κ1) is 17.9. The zero-order chi connectivity index (χ0) is 18.7. The van der Waals surface area contributed by atoms with Crippen LogP contribution in [-0.4, -0.2) is 29.8 Å². The molecule has 0 aliphatic carbocycles. The van der Waals surface area contributed by atoms with Crippen molar-refractivity contribution in [2.45, 2.75) is 6.54 Å². The van der Waals surface area contributed by atoms with Crippen molar-refractivity contribution in [2.75, 3.05) is 24.3 Å². The maximum atomic E-state index is 13.9. The lowest BCUT2D eigenvalue weighted by atomic mass is 10.2. The van der Waals surface area contributed by atoms with Crippen molar-refractivity contribution in [3.63, 3.8) is 0 Å². The monoisotopic (exact) mass is 372 g/mol. The third kappa shape index (κ3) is 4.03. The van der Waals surface area contributed by atoms with Crippen LogP contribution in [0.25, 0.3) is 0 Å². The molecule has 1 aromatic heterocycles. The van der Waals surface area contributed by atoms with Crippen molar-refractivity contribution in [1.82, 2.24) is 9.78 Å². The number of aromatic nitrogens is 2. The average Bonchev–Trinajstić information content (AvgIpc) is 3.05. The maximum absolute atomic E-state index is 13.9. The van der Waals surface area contributed by atoms with Gasteiger partial charge in [-0.1, -0.05) is 23.7 Å². The molecule has 2 aromatic carbocycles. The molecule has 3 aromatic rings. The van der Waals surface area contributed by atoms with Crippen molar-refractivity contribution in [3.8, 4) is 0 Å². The number of carbonyl (C=O) groups is 1. The number of anilines is 2. The molecule has 0 fully saturated rings. The number of halogens is 2. The van der Waals surface area contributed by atoms with Crippen molar-refractivity contribution in [3.05, 3.63) is 76.8 Å². The first-order valence-electron chi connectivity index (χ1n) is 7.98. The minimum atomic E-state index is -0.390. The molecule has 26 heavy (non-hydrogen) atoms. The van der Waals surface area contributed by atoms with Crippen LogP contribution >= 0.6 is 11.6 Å². The van der Waals surface area contributed by atoms with E-state index < -0.39 is 0 Å². The average molecular weight is 373 g/mol. The third-order valence-electron chi connectivity index (χ3n) is 3.90. The summed E-state index contributed by atoms with van der Waals surface area (Å²) in [5, 5.41) is 7.29. The number of benzene rings is 2. The highest BCUT2D eigenvalue weighted by molar-refractivity contribution is 6.31. The van der Waals surface area contributed by atoms with Gasteiger partial charge in [-0.25, -0.2) is 4.39 Å². The largest absolute Gasteiger partial charge is 0.378 e. The van der Waals surface area contributed by atoms with Crippen LogP contribution in [-0.2, 0) is 6.54 Å². The van der Waals surface area contributed by atoms with E-state index in [9.17, 15) is 9.18 Å². The molecular weight excluding hydrogens is 355 g/mol. The molecule has 0 atom stereocenters. The van der Waals surface area contributed by atoms with Crippen LogP contribution in [0.1, 0.15) is 15.9 Å². The smallest absolute Gasteiger partial charge is 0.255 e. The molecule has 1 heterocycles. The van der Waals surface area contributed by atoms with Gasteiger partial charge in [-0.3, -0.25) is 9.48 Å². The molecule has 0 bridgehead atoms. The molecule has 0 saturated carbocycles. The van der Waals surface area contributed by atoms with E-state index >= 15 is 0 Å². The predicted molar refractivity (Wildman–Crippen MR) is 101 cm³/mol. The van der Waals surface area contributed by atoms with Crippen LogP contribution in [0.3, 0.4) is 0 Å². The van der Waals surface area contributed by atoms with Crippen LogP contribution in [0.2, 0.25) is 5.02 Å². The van der Waals surface area contributed by atoms with Crippen molar-refractivity contribution in [1.29, 1.82) is 0 Å². The second-order valence-corrected chi connectivity index (χ2v) is 6.43. The van der Waals surface area contributed by atoms with E-state index in [1.165, 1.54) is 16.9 Å². The Hall–Kier alpha value is -2.86. The van der Waals surface area contributed by atoms with Crippen LogP contribution in [0.5, 0.6) is 0 Å². The van der Waals surface area contributed by atoms with Gasteiger partial charge < -0.3 is 10.2 Å². The third-order valence-corrected chi connectivity index (χ3v) is 4.25. The quantitative estimate of drug-likeness (QED) is 0.735. The van der Waals surface area contributed by atoms with E-state index in [0.717, 1.165) is 5.69 Å². The number of amides is 1. The molecule has 0 spiro atoms. The SMILES string of the molecule is CN(C)c1cccc(C(=O)Nc2cnn(Cc3c(F)cccc3Cl)c2)c1. The normalized spacial score (nSPS) is 10.6. The van der Waals surface area contributed by atoms with Gasteiger partial charge in [0, 0.05) is 42.1 Å². The lowest BCUT2D eigenvalue weighted by Gasteiger charge is -2.13. The molecule has 7 heteroatoms. The summed E-state index contributed by atoms with van der Waals surface area (Å²) in [4.78, 5) is 14.3.